The lowest BCUT2D eigenvalue weighted by atomic mass is 10.4. The topological polar surface area (TPSA) is 73.9 Å². The number of thiophene rings is 2. The van der Waals surface area contributed by atoms with Gasteiger partial charge in [0.2, 0.25) is 0 Å². The highest BCUT2D eigenvalue weighted by Crippen LogP contribution is 2.15. The van der Waals surface area contributed by atoms with Gasteiger partial charge in [-0.25, -0.2) is 0 Å². The van der Waals surface area contributed by atoms with Gasteiger partial charge < -0.3 is 16.4 Å². The monoisotopic (exact) mass is 308 g/mol. The number of hydrogen-bond donors (Lipinski definition) is 3. The van der Waals surface area contributed by atoms with Gasteiger partial charge in [0.15, 0.2) is 0 Å². The van der Waals surface area contributed by atoms with Gasteiger partial charge in [0.25, 0.3) is 0 Å². The molecule has 0 spiro atoms. The lowest BCUT2D eigenvalue weighted by molar-refractivity contribution is 0.831. The molecule has 0 aliphatic carbocycles. The van der Waals surface area contributed by atoms with Gasteiger partial charge in [0, 0.05) is 34.3 Å². The van der Waals surface area contributed by atoms with E-state index in [4.69, 9.17) is 11.0 Å². The second-order valence-corrected chi connectivity index (χ2v) is 6.43. The minimum absolute atomic E-state index is 0.661. The molecule has 0 radical (unpaired) electrons. The summed E-state index contributed by atoms with van der Waals surface area (Å²) < 4.78 is 0. The lowest BCUT2D eigenvalue weighted by Crippen LogP contribution is -2.02. The van der Waals surface area contributed by atoms with Crippen molar-refractivity contribution in [3.63, 3.8) is 0 Å². The van der Waals surface area contributed by atoms with Crippen LogP contribution in [0.5, 0.6) is 0 Å². The fourth-order valence-corrected chi connectivity index (χ4v) is 3.23. The van der Waals surface area contributed by atoms with Crippen LogP contribution in [0.25, 0.3) is 0 Å². The van der Waals surface area contributed by atoms with Crippen molar-refractivity contribution in [3.05, 3.63) is 43.8 Å². The van der Waals surface area contributed by atoms with Crippen LogP contribution in [0.3, 0.4) is 0 Å². The fraction of sp³-hybridized carbons (Fsp3) is 0.357. The molecule has 0 amide bonds. The summed E-state index contributed by atoms with van der Waals surface area (Å²) in [5.74, 6) is 0. The first-order valence-corrected chi connectivity index (χ1v) is 7.92. The van der Waals surface area contributed by atoms with Crippen molar-refractivity contribution in [3.8, 4) is 6.07 Å². The number of rotatable bonds is 5. The van der Waals surface area contributed by atoms with Crippen molar-refractivity contribution < 1.29 is 0 Å². The number of nitrogens with one attached hydrogen (secondary N) is 2. The standard InChI is InChI=1S/C7H12N2S.C7H8N2S/c2*1-9-5-7-3-2-6(4-8)10-7/h2-3,9H,4-5,8H2,1H3;2-3,9H,5H2,1H3. The predicted molar refractivity (Wildman–Crippen MR) is 86.8 cm³/mol. The van der Waals surface area contributed by atoms with Crippen LogP contribution in [0, 0.1) is 11.3 Å². The van der Waals surface area contributed by atoms with Crippen LogP contribution in [0.1, 0.15) is 19.5 Å². The largest absolute Gasteiger partial charge is 0.326 e. The molecule has 0 aliphatic rings. The molecule has 6 heteroatoms. The van der Waals surface area contributed by atoms with Crippen LogP contribution >= 0.6 is 22.7 Å². The smallest absolute Gasteiger partial charge is 0.110 e. The third kappa shape index (κ3) is 5.82. The van der Waals surface area contributed by atoms with Crippen molar-refractivity contribution in [2.45, 2.75) is 19.6 Å². The van der Waals surface area contributed by atoms with E-state index in [-0.39, 0.29) is 0 Å². The Morgan fingerprint density at radius 1 is 1.00 bits per heavy atom. The molecule has 4 N–H and O–H groups in total. The van der Waals surface area contributed by atoms with Gasteiger partial charge in [-0.3, -0.25) is 0 Å². The van der Waals surface area contributed by atoms with Gasteiger partial charge in [-0.05, 0) is 38.4 Å². The highest BCUT2D eigenvalue weighted by Gasteiger charge is 1.96. The normalized spacial score (nSPS) is 9.70. The van der Waals surface area contributed by atoms with E-state index in [1.54, 1.807) is 11.3 Å². The second kappa shape index (κ2) is 9.64. The van der Waals surface area contributed by atoms with E-state index in [2.05, 4.69) is 28.8 Å². The maximum Gasteiger partial charge on any atom is 0.110 e. The fourth-order valence-electron chi connectivity index (χ4n) is 1.51. The zero-order valence-electron chi connectivity index (χ0n) is 11.8. The molecule has 0 saturated carbocycles. The molecule has 0 bridgehead atoms. The molecule has 0 aromatic carbocycles. The van der Waals surface area contributed by atoms with Crippen molar-refractivity contribution in [1.29, 1.82) is 5.26 Å². The molecule has 0 fully saturated rings. The van der Waals surface area contributed by atoms with Gasteiger partial charge in [-0.1, -0.05) is 0 Å². The highest BCUT2D eigenvalue weighted by molar-refractivity contribution is 7.12. The molecule has 0 saturated heterocycles. The minimum atomic E-state index is 0.661. The van der Waals surface area contributed by atoms with E-state index in [0.717, 1.165) is 18.0 Å². The zero-order valence-corrected chi connectivity index (χ0v) is 13.4. The molecule has 20 heavy (non-hydrogen) atoms. The van der Waals surface area contributed by atoms with Gasteiger partial charge in [0.1, 0.15) is 10.9 Å². The van der Waals surface area contributed by atoms with Crippen molar-refractivity contribution in [2.24, 2.45) is 5.73 Å². The van der Waals surface area contributed by atoms with Crippen LogP contribution in [0.2, 0.25) is 0 Å². The molecule has 4 nitrogen and oxygen atoms in total. The van der Waals surface area contributed by atoms with Crippen molar-refractivity contribution >= 4 is 22.7 Å². The summed E-state index contributed by atoms with van der Waals surface area (Å²) in [5, 5.41) is 14.6. The van der Waals surface area contributed by atoms with Gasteiger partial charge in [-0.2, -0.15) is 5.26 Å². The maximum absolute atomic E-state index is 8.46. The van der Waals surface area contributed by atoms with Crippen LogP contribution < -0.4 is 16.4 Å². The molecule has 108 valence electrons. The number of nitrogens with two attached hydrogens (primary N) is 1. The van der Waals surface area contributed by atoms with E-state index >= 15 is 0 Å². The summed E-state index contributed by atoms with van der Waals surface area (Å²) in [4.78, 5) is 4.59. The number of hydrogen-bond acceptors (Lipinski definition) is 6. The Balaban J connectivity index is 0.000000200. The Morgan fingerprint density at radius 2 is 1.55 bits per heavy atom. The summed E-state index contributed by atoms with van der Waals surface area (Å²) >= 11 is 3.30. The van der Waals surface area contributed by atoms with Crippen molar-refractivity contribution in [2.75, 3.05) is 14.1 Å². The summed E-state index contributed by atoms with van der Waals surface area (Å²) in [6.45, 7) is 2.46. The van der Waals surface area contributed by atoms with Gasteiger partial charge in [-0.15, -0.1) is 22.7 Å². The molecule has 0 unspecified atom stereocenters. The molecule has 0 atom stereocenters. The predicted octanol–water partition coefficient (Wildman–Crippen LogP) is 2.27. The number of nitriles is 1. The molecule has 2 heterocycles. The Labute approximate surface area is 128 Å². The Hall–Kier alpha value is -1.23. The van der Waals surface area contributed by atoms with Crippen LogP contribution in [0.4, 0.5) is 0 Å². The second-order valence-electron chi connectivity index (χ2n) is 4.01. The maximum atomic E-state index is 8.46. The first-order chi connectivity index (χ1) is 9.73. The number of nitrogens with zero attached hydrogens (tertiary/aromatic N) is 1. The molecular formula is C14H20N4S2. The summed E-state index contributed by atoms with van der Waals surface area (Å²) in [6, 6.07) is 10.1. The Kier molecular flexibility index (Phi) is 8.11. The van der Waals surface area contributed by atoms with Crippen LogP contribution in [0.15, 0.2) is 24.3 Å². The molecule has 0 aliphatic heterocycles. The summed E-state index contributed by atoms with van der Waals surface area (Å²) in [5.41, 5.74) is 5.45. The Morgan fingerprint density at radius 3 is 2.00 bits per heavy atom. The third-order valence-electron chi connectivity index (χ3n) is 2.39. The zero-order chi connectivity index (χ0) is 14.8. The Bertz CT molecular complexity index is 539. The molecule has 2 rings (SSSR count). The average molecular weight is 308 g/mol. The van der Waals surface area contributed by atoms with Crippen LogP contribution in [-0.2, 0) is 19.6 Å². The van der Waals surface area contributed by atoms with Gasteiger partial charge in [0.05, 0.1) is 0 Å². The van der Waals surface area contributed by atoms with E-state index in [1.807, 2.05) is 26.2 Å². The molecule has 2 aromatic rings. The van der Waals surface area contributed by atoms with E-state index < -0.39 is 0 Å². The molecule has 2 aromatic heterocycles. The minimum Gasteiger partial charge on any atom is -0.326 e. The first kappa shape index (κ1) is 16.8. The lowest BCUT2D eigenvalue weighted by Gasteiger charge is -1.91. The summed E-state index contributed by atoms with van der Waals surface area (Å²) in [7, 11) is 3.84. The SMILES string of the molecule is CNCc1ccc(C#N)s1.CNCc1ccc(CN)s1. The third-order valence-corrected chi connectivity index (χ3v) is 4.49. The quantitative estimate of drug-likeness (QED) is 0.792. The highest BCUT2D eigenvalue weighted by atomic mass is 32.1. The average Bonchev–Trinajstić information content (AvgIpc) is 3.09. The van der Waals surface area contributed by atoms with Crippen molar-refractivity contribution in [1.82, 2.24) is 10.6 Å². The van der Waals surface area contributed by atoms with E-state index in [0.29, 0.717) is 6.54 Å². The van der Waals surface area contributed by atoms with E-state index in [9.17, 15) is 0 Å². The summed E-state index contributed by atoms with van der Waals surface area (Å²) in [6.07, 6.45) is 0. The molecular weight excluding hydrogens is 288 g/mol. The van der Waals surface area contributed by atoms with E-state index in [1.165, 1.54) is 26.0 Å². The van der Waals surface area contributed by atoms with Gasteiger partial charge >= 0.3 is 0 Å². The first-order valence-electron chi connectivity index (χ1n) is 6.29. The van der Waals surface area contributed by atoms with Crippen LogP contribution in [-0.4, -0.2) is 14.1 Å².